The zero-order valence-electron chi connectivity index (χ0n) is 11.5. The summed E-state index contributed by atoms with van der Waals surface area (Å²) in [6.07, 6.45) is 1.60. The van der Waals surface area contributed by atoms with Crippen LogP contribution in [0.3, 0.4) is 0 Å². The van der Waals surface area contributed by atoms with E-state index in [-0.39, 0.29) is 5.78 Å². The van der Waals surface area contributed by atoms with E-state index in [0.29, 0.717) is 17.9 Å². The van der Waals surface area contributed by atoms with Crippen LogP contribution in [0.15, 0.2) is 28.7 Å². The van der Waals surface area contributed by atoms with Crippen molar-refractivity contribution in [2.75, 3.05) is 0 Å². The van der Waals surface area contributed by atoms with E-state index in [4.69, 9.17) is 11.6 Å². The molecule has 0 aliphatic rings. The number of hydrogen-bond acceptors (Lipinski definition) is 2. The van der Waals surface area contributed by atoms with Gasteiger partial charge in [-0.3, -0.25) is 9.48 Å². The van der Waals surface area contributed by atoms with Gasteiger partial charge in [-0.2, -0.15) is 5.10 Å². The second-order valence-corrected chi connectivity index (χ2v) is 5.94. The first-order valence-electron chi connectivity index (χ1n) is 6.47. The highest BCUT2D eigenvalue weighted by Gasteiger charge is 2.16. The Bertz CT molecular complexity index is 637. The number of ketones is 1. The average molecular weight is 356 g/mol. The number of aromatic nitrogens is 2. The van der Waals surface area contributed by atoms with E-state index in [0.717, 1.165) is 27.8 Å². The Hall–Kier alpha value is -1.13. The SMILES string of the molecule is CCc1nn(C)c(CC(=O)Cc2cccc(Cl)c2)c1Br. The summed E-state index contributed by atoms with van der Waals surface area (Å²) in [5.41, 5.74) is 2.85. The molecule has 0 radical (unpaired) electrons. The van der Waals surface area contributed by atoms with Gasteiger partial charge in [0.05, 0.1) is 15.9 Å². The van der Waals surface area contributed by atoms with E-state index in [9.17, 15) is 4.79 Å². The third-order valence-corrected chi connectivity index (χ3v) is 4.31. The van der Waals surface area contributed by atoms with Crippen molar-refractivity contribution in [3.8, 4) is 0 Å². The predicted molar refractivity (Wildman–Crippen MR) is 84.2 cm³/mol. The Kier molecular flexibility index (Phi) is 5.00. The van der Waals surface area contributed by atoms with Crippen LogP contribution in [0.5, 0.6) is 0 Å². The second kappa shape index (κ2) is 6.55. The summed E-state index contributed by atoms with van der Waals surface area (Å²) in [5, 5.41) is 5.06. The Morgan fingerprint density at radius 2 is 2.15 bits per heavy atom. The first-order chi connectivity index (χ1) is 9.51. The summed E-state index contributed by atoms with van der Waals surface area (Å²) in [4.78, 5) is 12.2. The first kappa shape index (κ1) is 15.3. The molecule has 2 rings (SSSR count). The maximum Gasteiger partial charge on any atom is 0.143 e. The van der Waals surface area contributed by atoms with Gasteiger partial charge in [0.25, 0.3) is 0 Å². The van der Waals surface area contributed by atoms with E-state index in [1.54, 1.807) is 10.7 Å². The Labute approximate surface area is 132 Å². The fraction of sp³-hybridized carbons (Fsp3) is 0.333. The summed E-state index contributed by atoms with van der Waals surface area (Å²) in [7, 11) is 1.87. The number of carbonyl (C=O) groups is 1. The largest absolute Gasteiger partial charge is 0.299 e. The molecule has 3 nitrogen and oxygen atoms in total. The first-order valence-corrected chi connectivity index (χ1v) is 7.64. The molecule has 0 spiro atoms. The van der Waals surface area contributed by atoms with Gasteiger partial charge in [-0.25, -0.2) is 0 Å². The molecule has 0 N–H and O–H groups in total. The third-order valence-electron chi connectivity index (χ3n) is 3.16. The van der Waals surface area contributed by atoms with Crippen LogP contribution in [0, 0.1) is 0 Å². The summed E-state index contributed by atoms with van der Waals surface area (Å²) in [6.45, 7) is 2.05. The van der Waals surface area contributed by atoms with E-state index < -0.39 is 0 Å². The molecule has 0 saturated heterocycles. The zero-order chi connectivity index (χ0) is 14.7. The number of halogens is 2. The molecule has 1 aromatic heterocycles. The molecule has 0 atom stereocenters. The van der Waals surface area contributed by atoms with Gasteiger partial charge in [0, 0.05) is 24.9 Å². The van der Waals surface area contributed by atoms with Crippen LogP contribution < -0.4 is 0 Å². The van der Waals surface area contributed by atoms with Gasteiger partial charge in [0.1, 0.15) is 5.78 Å². The molecule has 0 unspecified atom stereocenters. The molecule has 0 aliphatic carbocycles. The maximum absolute atomic E-state index is 12.2. The molecule has 1 aromatic carbocycles. The van der Waals surface area contributed by atoms with Gasteiger partial charge >= 0.3 is 0 Å². The third kappa shape index (κ3) is 3.49. The van der Waals surface area contributed by atoms with Gasteiger partial charge in [0.15, 0.2) is 0 Å². The highest BCUT2D eigenvalue weighted by Crippen LogP contribution is 2.22. The van der Waals surface area contributed by atoms with Gasteiger partial charge in [-0.1, -0.05) is 30.7 Å². The van der Waals surface area contributed by atoms with Crippen molar-refractivity contribution in [2.45, 2.75) is 26.2 Å². The standard InChI is InChI=1S/C15H16BrClN2O/c1-3-13-15(16)14(19(2)18-13)9-12(20)8-10-5-4-6-11(17)7-10/h4-7H,3,8-9H2,1-2H3. The number of rotatable bonds is 5. The zero-order valence-corrected chi connectivity index (χ0v) is 13.8. The maximum atomic E-state index is 12.2. The van der Waals surface area contributed by atoms with Crippen LogP contribution in [0.1, 0.15) is 23.9 Å². The fourth-order valence-electron chi connectivity index (χ4n) is 2.14. The molecule has 0 aliphatic heterocycles. The van der Waals surface area contributed by atoms with Crippen molar-refractivity contribution in [3.63, 3.8) is 0 Å². The average Bonchev–Trinajstić information content (AvgIpc) is 2.66. The van der Waals surface area contributed by atoms with E-state index >= 15 is 0 Å². The van der Waals surface area contributed by atoms with Crippen molar-refractivity contribution < 1.29 is 4.79 Å². The van der Waals surface area contributed by atoms with Gasteiger partial charge in [-0.15, -0.1) is 0 Å². The fourth-order valence-corrected chi connectivity index (χ4v) is 3.11. The van der Waals surface area contributed by atoms with Crippen LogP contribution >= 0.6 is 27.5 Å². The lowest BCUT2D eigenvalue weighted by Crippen LogP contribution is -2.10. The lowest BCUT2D eigenvalue weighted by molar-refractivity contribution is -0.117. The van der Waals surface area contributed by atoms with Crippen molar-refractivity contribution in [1.82, 2.24) is 9.78 Å². The molecular weight excluding hydrogens is 340 g/mol. The van der Waals surface area contributed by atoms with Crippen LogP contribution in [0.2, 0.25) is 5.02 Å². The summed E-state index contributed by atoms with van der Waals surface area (Å²) in [6, 6.07) is 7.41. The number of carbonyl (C=O) groups excluding carboxylic acids is 1. The van der Waals surface area contributed by atoms with Gasteiger partial charge in [-0.05, 0) is 40.0 Å². The van der Waals surface area contributed by atoms with Gasteiger partial charge < -0.3 is 0 Å². The Morgan fingerprint density at radius 1 is 1.40 bits per heavy atom. The van der Waals surface area contributed by atoms with Crippen LogP contribution in [0.4, 0.5) is 0 Å². The summed E-state index contributed by atoms with van der Waals surface area (Å²) >= 11 is 9.46. The van der Waals surface area contributed by atoms with Crippen LogP contribution in [0.25, 0.3) is 0 Å². The van der Waals surface area contributed by atoms with Gasteiger partial charge in [0.2, 0.25) is 0 Å². The monoisotopic (exact) mass is 354 g/mol. The van der Waals surface area contributed by atoms with Crippen molar-refractivity contribution >= 4 is 33.3 Å². The Morgan fingerprint density at radius 3 is 2.75 bits per heavy atom. The molecular formula is C15H16BrClN2O. The molecule has 0 fully saturated rings. The molecule has 0 bridgehead atoms. The quantitative estimate of drug-likeness (QED) is 0.818. The highest BCUT2D eigenvalue weighted by molar-refractivity contribution is 9.10. The molecule has 20 heavy (non-hydrogen) atoms. The topological polar surface area (TPSA) is 34.9 Å². The van der Waals surface area contributed by atoms with Crippen molar-refractivity contribution in [1.29, 1.82) is 0 Å². The summed E-state index contributed by atoms with van der Waals surface area (Å²) < 4.78 is 2.72. The summed E-state index contributed by atoms with van der Waals surface area (Å²) in [5.74, 6) is 0.151. The minimum Gasteiger partial charge on any atom is -0.299 e. The minimum atomic E-state index is 0.151. The molecule has 5 heteroatoms. The van der Waals surface area contributed by atoms with Crippen molar-refractivity contribution in [2.24, 2.45) is 7.05 Å². The van der Waals surface area contributed by atoms with Crippen LogP contribution in [-0.4, -0.2) is 15.6 Å². The normalized spacial score (nSPS) is 10.8. The lowest BCUT2D eigenvalue weighted by atomic mass is 10.1. The predicted octanol–water partition coefficient (Wildman–Crippen LogP) is 3.75. The van der Waals surface area contributed by atoms with E-state index in [1.807, 2.05) is 32.2 Å². The number of hydrogen-bond donors (Lipinski definition) is 0. The second-order valence-electron chi connectivity index (χ2n) is 4.71. The highest BCUT2D eigenvalue weighted by atomic mass is 79.9. The van der Waals surface area contributed by atoms with E-state index in [1.165, 1.54) is 0 Å². The number of benzene rings is 1. The molecule has 0 saturated carbocycles. The Balaban J connectivity index is 2.10. The molecule has 0 amide bonds. The number of nitrogens with zero attached hydrogens (tertiary/aromatic N) is 2. The molecule has 1 heterocycles. The minimum absolute atomic E-state index is 0.151. The van der Waals surface area contributed by atoms with Crippen LogP contribution in [-0.2, 0) is 31.1 Å². The lowest BCUT2D eigenvalue weighted by Gasteiger charge is -2.04. The smallest absolute Gasteiger partial charge is 0.143 e. The molecule has 106 valence electrons. The number of aryl methyl sites for hydroxylation is 2. The number of Topliss-reactive ketones (excluding diaryl/α,β-unsaturated/α-hetero) is 1. The van der Waals surface area contributed by atoms with E-state index in [2.05, 4.69) is 21.0 Å². The molecule has 2 aromatic rings. The van der Waals surface area contributed by atoms with Crippen molar-refractivity contribution in [3.05, 3.63) is 50.7 Å².